The number of nitrogens with one attached hydrogen (secondary N) is 2. The lowest BCUT2D eigenvalue weighted by Gasteiger charge is -2.26. The fourth-order valence-electron chi connectivity index (χ4n) is 3.91. The molecule has 1 unspecified atom stereocenters. The van der Waals surface area contributed by atoms with Gasteiger partial charge in [0.15, 0.2) is 5.13 Å². The number of hydrogen-bond donors (Lipinski definition) is 2. The van der Waals surface area contributed by atoms with E-state index in [1.807, 2.05) is 13.8 Å². The normalized spacial score (nSPS) is 13.7. The predicted octanol–water partition coefficient (Wildman–Crippen LogP) is 4.56. The topological polar surface area (TPSA) is 108 Å². The summed E-state index contributed by atoms with van der Waals surface area (Å²) < 4.78 is 14.6. The summed E-state index contributed by atoms with van der Waals surface area (Å²) in [5, 5.41) is 6.99. The number of imide groups is 1. The second-order valence-electron chi connectivity index (χ2n) is 8.57. The average molecular weight is 495 g/mol. The number of benzene rings is 2. The SMILES string of the molecule is CC(=O)Nc1ccc(-c2csc(NC(=O)C(CC(C)C)N3C(=O)c4ccccc4C3=O)n2)c(F)c1. The second kappa shape index (κ2) is 9.75. The zero-order valence-electron chi connectivity index (χ0n) is 19.3. The van der Waals surface area contributed by atoms with Gasteiger partial charge in [-0.2, -0.15) is 0 Å². The van der Waals surface area contributed by atoms with Crippen LogP contribution in [0.5, 0.6) is 0 Å². The third kappa shape index (κ3) is 4.97. The van der Waals surface area contributed by atoms with Crippen LogP contribution < -0.4 is 10.6 Å². The molecule has 0 aliphatic carbocycles. The Labute approximate surface area is 205 Å². The van der Waals surface area contributed by atoms with Gasteiger partial charge >= 0.3 is 0 Å². The van der Waals surface area contributed by atoms with Crippen molar-refractivity contribution in [3.63, 3.8) is 0 Å². The Morgan fingerprint density at radius 2 is 1.69 bits per heavy atom. The van der Waals surface area contributed by atoms with Crippen molar-refractivity contribution in [3.8, 4) is 11.3 Å². The molecule has 10 heteroatoms. The molecule has 1 aromatic heterocycles. The van der Waals surface area contributed by atoms with E-state index in [0.29, 0.717) is 11.4 Å². The highest BCUT2D eigenvalue weighted by Crippen LogP contribution is 2.31. The highest BCUT2D eigenvalue weighted by atomic mass is 32.1. The molecular formula is C25H23FN4O4S. The van der Waals surface area contributed by atoms with Crippen LogP contribution in [0.15, 0.2) is 47.8 Å². The van der Waals surface area contributed by atoms with E-state index in [9.17, 15) is 23.6 Å². The van der Waals surface area contributed by atoms with Crippen molar-refractivity contribution in [3.05, 3.63) is 64.8 Å². The minimum Gasteiger partial charge on any atom is -0.326 e. The first-order valence-corrected chi connectivity index (χ1v) is 11.8. The number of thiazole rings is 1. The van der Waals surface area contributed by atoms with Crippen molar-refractivity contribution in [2.75, 3.05) is 10.6 Å². The van der Waals surface area contributed by atoms with Crippen molar-refractivity contribution < 1.29 is 23.6 Å². The summed E-state index contributed by atoms with van der Waals surface area (Å²) in [6.45, 7) is 5.12. The van der Waals surface area contributed by atoms with Gasteiger partial charge in [-0.1, -0.05) is 26.0 Å². The van der Waals surface area contributed by atoms with E-state index in [1.165, 1.54) is 19.1 Å². The van der Waals surface area contributed by atoms with Crippen molar-refractivity contribution >= 4 is 45.8 Å². The number of hydrogen-bond acceptors (Lipinski definition) is 6. The van der Waals surface area contributed by atoms with Crippen LogP contribution in [-0.4, -0.2) is 39.6 Å². The molecule has 8 nitrogen and oxygen atoms in total. The van der Waals surface area contributed by atoms with Gasteiger partial charge in [0.25, 0.3) is 11.8 Å². The third-order valence-corrected chi connectivity index (χ3v) is 6.19. The predicted molar refractivity (Wildman–Crippen MR) is 131 cm³/mol. The molecule has 35 heavy (non-hydrogen) atoms. The Morgan fingerprint density at radius 1 is 1.03 bits per heavy atom. The third-order valence-electron chi connectivity index (χ3n) is 5.43. The molecule has 0 saturated heterocycles. The number of halogens is 1. The fraction of sp³-hybridized carbons (Fsp3) is 0.240. The van der Waals surface area contributed by atoms with Crippen molar-refractivity contribution in [2.24, 2.45) is 5.92 Å². The first-order valence-electron chi connectivity index (χ1n) is 11.0. The molecule has 3 aromatic rings. The van der Waals surface area contributed by atoms with Gasteiger partial charge < -0.3 is 10.6 Å². The Morgan fingerprint density at radius 3 is 2.26 bits per heavy atom. The monoisotopic (exact) mass is 494 g/mol. The van der Waals surface area contributed by atoms with E-state index in [0.717, 1.165) is 16.2 Å². The summed E-state index contributed by atoms with van der Waals surface area (Å²) in [5.74, 6) is -2.43. The summed E-state index contributed by atoms with van der Waals surface area (Å²) >= 11 is 1.10. The zero-order valence-corrected chi connectivity index (χ0v) is 20.1. The fourth-order valence-corrected chi connectivity index (χ4v) is 4.63. The van der Waals surface area contributed by atoms with Gasteiger partial charge in [0.05, 0.1) is 16.8 Å². The number of rotatable bonds is 7. The molecule has 1 aliphatic heterocycles. The number of carbonyl (C=O) groups is 4. The number of anilines is 2. The van der Waals surface area contributed by atoms with Crippen LogP contribution in [0.3, 0.4) is 0 Å². The lowest BCUT2D eigenvalue weighted by molar-refractivity contribution is -0.120. The van der Waals surface area contributed by atoms with E-state index < -0.39 is 29.6 Å². The first kappa shape index (κ1) is 24.2. The van der Waals surface area contributed by atoms with Gasteiger partial charge in [-0.05, 0) is 42.7 Å². The highest BCUT2D eigenvalue weighted by molar-refractivity contribution is 7.14. The van der Waals surface area contributed by atoms with Crippen LogP contribution in [0.4, 0.5) is 15.2 Å². The van der Waals surface area contributed by atoms with Gasteiger partial charge in [0, 0.05) is 23.6 Å². The number of carbonyl (C=O) groups excluding carboxylic acids is 4. The molecule has 2 N–H and O–H groups in total. The van der Waals surface area contributed by atoms with Crippen LogP contribution in [0.25, 0.3) is 11.3 Å². The van der Waals surface area contributed by atoms with Crippen molar-refractivity contribution in [1.82, 2.24) is 9.88 Å². The van der Waals surface area contributed by atoms with E-state index in [4.69, 9.17) is 0 Å². The molecule has 2 heterocycles. The minimum absolute atomic E-state index is 0.0261. The summed E-state index contributed by atoms with van der Waals surface area (Å²) in [5.41, 5.74) is 1.37. The average Bonchev–Trinajstić information content (AvgIpc) is 3.34. The Kier molecular flexibility index (Phi) is 6.74. The molecule has 4 rings (SSSR count). The van der Waals surface area contributed by atoms with Crippen molar-refractivity contribution in [1.29, 1.82) is 0 Å². The van der Waals surface area contributed by atoms with Crippen LogP contribution >= 0.6 is 11.3 Å². The summed E-state index contributed by atoms with van der Waals surface area (Å²) in [7, 11) is 0. The highest BCUT2D eigenvalue weighted by Gasteiger charge is 2.42. The van der Waals surface area contributed by atoms with Crippen molar-refractivity contribution in [2.45, 2.75) is 33.2 Å². The number of aromatic nitrogens is 1. The second-order valence-corrected chi connectivity index (χ2v) is 9.43. The van der Waals surface area contributed by atoms with Gasteiger partial charge in [0.2, 0.25) is 11.8 Å². The largest absolute Gasteiger partial charge is 0.326 e. The molecule has 1 atom stereocenters. The Bertz CT molecular complexity index is 1300. The zero-order chi connectivity index (χ0) is 25.3. The summed E-state index contributed by atoms with van der Waals surface area (Å²) in [4.78, 5) is 55.6. The van der Waals surface area contributed by atoms with Gasteiger partial charge in [-0.25, -0.2) is 9.37 Å². The molecule has 4 amide bonds. The molecule has 0 radical (unpaired) electrons. The minimum atomic E-state index is -1.02. The molecule has 0 saturated carbocycles. The molecular weight excluding hydrogens is 471 g/mol. The molecule has 0 bridgehead atoms. The standard InChI is InChI=1S/C25H23FN4O4S/c1-13(2)10-21(30-23(33)16-6-4-5-7-17(16)24(30)34)22(32)29-25-28-20(12-35-25)18-9-8-15(11-19(18)26)27-14(3)31/h4-9,11-13,21H,10H2,1-3H3,(H,27,31)(H,28,29,32). The molecule has 0 fully saturated rings. The van der Waals surface area contributed by atoms with E-state index in [2.05, 4.69) is 15.6 Å². The Balaban J connectivity index is 1.55. The maximum Gasteiger partial charge on any atom is 0.262 e. The van der Waals surface area contributed by atoms with Gasteiger partial charge in [0.1, 0.15) is 11.9 Å². The molecule has 1 aliphatic rings. The van der Waals surface area contributed by atoms with Gasteiger partial charge in [-0.15, -0.1) is 11.3 Å². The maximum atomic E-state index is 14.6. The number of nitrogens with zero attached hydrogens (tertiary/aromatic N) is 2. The maximum absolute atomic E-state index is 14.6. The quantitative estimate of drug-likeness (QED) is 0.468. The number of amides is 4. The van der Waals surface area contributed by atoms with E-state index >= 15 is 0 Å². The van der Waals surface area contributed by atoms with Crippen LogP contribution in [0.1, 0.15) is 47.9 Å². The van der Waals surface area contributed by atoms with Crippen LogP contribution in [-0.2, 0) is 9.59 Å². The van der Waals surface area contributed by atoms with E-state index in [1.54, 1.807) is 35.7 Å². The Hall–Kier alpha value is -3.92. The summed E-state index contributed by atoms with van der Waals surface area (Å²) in [6.07, 6.45) is 0.273. The van der Waals surface area contributed by atoms with Gasteiger partial charge in [-0.3, -0.25) is 24.1 Å². The lowest BCUT2D eigenvalue weighted by atomic mass is 10.0. The smallest absolute Gasteiger partial charge is 0.262 e. The molecule has 2 aromatic carbocycles. The summed E-state index contributed by atoms with van der Waals surface area (Å²) in [6, 6.07) is 9.68. The molecule has 0 spiro atoms. The number of fused-ring (bicyclic) bond motifs is 1. The van der Waals surface area contributed by atoms with E-state index in [-0.39, 0.29) is 40.1 Å². The first-order chi connectivity index (χ1) is 16.7. The van der Waals surface area contributed by atoms with Crippen LogP contribution in [0.2, 0.25) is 0 Å². The molecule has 180 valence electrons. The lowest BCUT2D eigenvalue weighted by Crippen LogP contribution is -2.47. The van der Waals surface area contributed by atoms with Crippen LogP contribution in [0, 0.1) is 11.7 Å².